The van der Waals surface area contributed by atoms with Crippen LogP contribution in [0.2, 0.25) is 5.02 Å². The number of rotatable bonds is 6. The van der Waals surface area contributed by atoms with Crippen LogP contribution in [0.1, 0.15) is 31.1 Å². The van der Waals surface area contributed by atoms with E-state index in [1.165, 1.54) is 6.07 Å². The second-order valence-corrected chi connectivity index (χ2v) is 12.0. The molecule has 3 amide bonds. The molecule has 0 fully saturated rings. The summed E-state index contributed by atoms with van der Waals surface area (Å²) in [5.41, 5.74) is 20.7. The van der Waals surface area contributed by atoms with Gasteiger partial charge < -0.3 is 33.2 Å². The summed E-state index contributed by atoms with van der Waals surface area (Å²) < 4.78 is 27.5. The largest absolute Gasteiger partial charge is 0.399 e. The molecule has 0 aliphatic carbocycles. The van der Waals surface area contributed by atoms with E-state index >= 15 is 0 Å². The highest BCUT2D eigenvalue weighted by molar-refractivity contribution is 9.10. The molecule has 0 aliphatic rings. The SMILES string of the molecule is Nc1ccc(NC(=O)c2c(F)cccc2F)cc1.Nc1ccc(NC(=O)c2ccccc2Br)cc1.Nc1ccc(NC(=O)c2ccccc2Cl)cc1. The van der Waals surface area contributed by atoms with Crippen LogP contribution in [0.4, 0.5) is 42.9 Å². The third-order valence-electron chi connectivity index (χ3n) is 6.93. The van der Waals surface area contributed by atoms with Crippen molar-refractivity contribution in [2.45, 2.75) is 0 Å². The minimum absolute atomic E-state index is 0.151. The van der Waals surface area contributed by atoms with Crippen LogP contribution < -0.4 is 33.2 Å². The molecule has 6 aromatic rings. The third kappa shape index (κ3) is 11.4. The first-order chi connectivity index (χ1) is 24.9. The summed E-state index contributed by atoms with van der Waals surface area (Å²) >= 11 is 9.27. The van der Waals surface area contributed by atoms with Crippen molar-refractivity contribution in [3.63, 3.8) is 0 Å². The van der Waals surface area contributed by atoms with Crippen LogP contribution in [0.15, 0.2) is 144 Å². The van der Waals surface area contributed by atoms with Crippen LogP contribution in [0, 0.1) is 11.6 Å². The normalized spacial score (nSPS) is 10.0. The van der Waals surface area contributed by atoms with E-state index in [1.54, 1.807) is 103 Å². The van der Waals surface area contributed by atoms with Crippen LogP contribution in [0.5, 0.6) is 0 Å². The molecule has 0 heterocycles. The molecule has 0 aromatic heterocycles. The van der Waals surface area contributed by atoms with E-state index in [2.05, 4.69) is 31.9 Å². The summed E-state index contributed by atoms with van der Waals surface area (Å²) in [6, 6.07) is 37.6. The maximum absolute atomic E-state index is 13.3. The quantitative estimate of drug-likeness (QED) is 0.0922. The van der Waals surface area contributed by atoms with Crippen LogP contribution in [-0.2, 0) is 0 Å². The minimum Gasteiger partial charge on any atom is -0.399 e. The van der Waals surface area contributed by atoms with Crippen LogP contribution in [-0.4, -0.2) is 17.7 Å². The van der Waals surface area contributed by atoms with E-state index in [0.717, 1.165) is 22.3 Å². The molecule has 0 spiro atoms. The molecule has 6 rings (SSSR count). The summed E-state index contributed by atoms with van der Waals surface area (Å²) in [5, 5.41) is 8.37. The number of carbonyl (C=O) groups excluding carboxylic acids is 3. The van der Waals surface area contributed by atoms with Gasteiger partial charge in [-0.05, 0) is 125 Å². The van der Waals surface area contributed by atoms with Gasteiger partial charge in [0.05, 0.1) is 16.1 Å². The Morgan fingerprint density at radius 2 is 0.846 bits per heavy atom. The Morgan fingerprint density at radius 1 is 0.481 bits per heavy atom. The Bertz CT molecular complexity index is 2030. The van der Waals surface area contributed by atoms with Crippen molar-refractivity contribution in [1.29, 1.82) is 0 Å². The van der Waals surface area contributed by atoms with E-state index in [-0.39, 0.29) is 11.8 Å². The zero-order valence-corrected chi connectivity index (χ0v) is 29.6. The Morgan fingerprint density at radius 3 is 1.27 bits per heavy atom. The zero-order valence-electron chi connectivity index (χ0n) is 27.2. The van der Waals surface area contributed by atoms with Crippen molar-refractivity contribution in [1.82, 2.24) is 0 Å². The number of anilines is 6. The molecule has 0 saturated heterocycles. The fourth-order valence-corrected chi connectivity index (χ4v) is 4.98. The highest BCUT2D eigenvalue weighted by Crippen LogP contribution is 2.20. The van der Waals surface area contributed by atoms with Crippen molar-refractivity contribution < 1.29 is 23.2 Å². The van der Waals surface area contributed by atoms with Crippen molar-refractivity contribution in [2.75, 3.05) is 33.2 Å². The number of nitrogens with two attached hydrogens (primary N) is 3. The minimum atomic E-state index is -0.900. The first-order valence-electron chi connectivity index (χ1n) is 15.3. The fraction of sp³-hybridized carbons (Fsp3) is 0. The monoisotopic (exact) mass is 784 g/mol. The van der Waals surface area contributed by atoms with Crippen molar-refractivity contribution in [3.05, 3.63) is 177 Å². The molecular weight excluding hydrogens is 754 g/mol. The average Bonchev–Trinajstić information content (AvgIpc) is 3.12. The Labute approximate surface area is 311 Å². The average molecular weight is 786 g/mol. The van der Waals surface area contributed by atoms with Crippen molar-refractivity contribution in [2.24, 2.45) is 0 Å². The highest BCUT2D eigenvalue weighted by atomic mass is 79.9. The van der Waals surface area contributed by atoms with Gasteiger partial charge in [-0.3, -0.25) is 14.4 Å². The molecule has 9 nitrogen and oxygen atoms in total. The maximum atomic E-state index is 13.3. The summed E-state index contributed by atoms with van der Waals surface area (Å²) in [7, 11) is 0. The summed E-state index contributed by atoms with van der Waals surface area (Å²) in [5.74, 6) is -3.02. The maximum Gasteiger partial charge on any atom is 0.261 e. The molecule has 0 radical (unpaired) electrons. The number of nitrogen functional groups attached to an aromatic ring is 3. The first-order valence-corrected chi connectivity index (χ1v) is 16.5. The van der Waals surface area contributed by atoms with Gasteiger partial charge in [-0.15, -0.1) is 0 Å². The Hall–Kier alpha value is -6.24. The van der Waals surface area contributed by atoms with E-state index in [9.17, 15) is 23.2 Å². The molecule has 0 aliphatic heterocycles. The summed E-state index contributed by atoms with van der Waals surface area (Å²) in [6.07, 6.45) is 0. The van der Waals surface area contributed by atoms with Gasteiger partial charge in [-0.25, -0.2) is 8.78 Å². The predicted octanol–water partition coefficient (Wildman–Crippen LogP) is 9.26. The number of nitrogens with one attached hydrogen (secondary N) is 3. The van der Waals surface area contributed by atoms with Gasteiger partial charge in [0.25, 0.3) is 17.7 Å². The molecule has 6 aromatic carbocycles. The second kappa shape index (κ2) is 18.7. The van der Waals surface area contributed by atoms with Gasteiger partial charge in [-0.2, -0.15) is 0 Å². The second-order valence-electron chi connectivity index (χ2n) is 10.8. The molecule has 52 heavy (non-hydrogen) atoms. The van der Waals surface area contributed by atoms with Crippen molar-refractivity contribution in [3.8, 4) is 0 Å². The van der Waals surface area contributed by atoms with Gasteiger partial charge in [0, 0.05) is 38.6 Å². The van der Waals surface area contributed by atoms with Crippen LogP contribution in [0.3, 0.4) is 0 Å². The zero-order chi connectivity index (χ0) is 37.6. The molecular formula is C39H32BrClF2N6O3. The highest BCUT2D eigenvalue weighted by Gasteiger charge is 2.17. The van der Waals surface area contributed by atoms with Gasteiger partial charge in [0.2, 0.25) is 0 Å². The molecule has 0 saturated carbocycles. The van der Waals surface area contributed by atoms with E-state index < -0.39 is 23.1 Å². The molecule has 0 unspecified atom stereocenters. The topological polar surface area (TPSA) is 165 Å². The van der Waals surface area contributed by atoms with Gasteiger partial charge in [0.15, 0.2) is 0 Å². The van der Waals surface area contributed by atoms with Crippen LogP contribution in [0.25, 0.3) is 0 Å². The standard InChI is InChI=1S/C13H11BrN2O.C13H11ClN2O.C13H10F2N2O/c2*14-12-4-2-1-3-11(12)13(17)16-10-7-5-9(15)6-8-10;14-10-2-1-3-11(15)12(10)13(18)17-9-6-4-8(16)5-7-9/h2*1-8H,15H2,(H,16,17);1-7H,16H2,(H,17,18). The van der Waals surface area contributed by atoms with Gasteiger partial charge >= 0.3 is 0 Å². The van der Waals surface area contributed by atoms with Gasteiger partial charge in [-0.1, -0.05) is 41.9 Å². The summed E-state index contributed by atoms with van der Waals surface area (Å²) in [6.45, 7) is 0. The Balaban J connectivity index is 0.000000175. The van der Waals surface area contributed by atoms with Crippen LogP contribution >= 0.6 is 27.5 Å². The summed E-state index contributed by atoms with van der Waals surface area (Å²) in [4.78, 5) is 35.6. The molecule has 13 heteroatoms. The smallest absolute Gasteiger partial charge is 0.261 e. The first kappa shape index (κ1) is 38.6. The van der Waals surface area contributed by atoms with Crippen molar-refractivity contribution >= 4 is 79.4 Å². The third-order valence-corrected chi connectivity index (χ3v) is 7.95. The lowest BCUT2D eigenvalue weighted by molar-refractivity contribution is 0.101. The number of hydrogen-bond donors (Lipinski definition) is 6. The number of halogens is 4. The lowest BCUT2D eigenvalue weighted by Gasteiger charge is -2.07. The van der Waals surface area contributed by atoms with Gasteiger partial charge in [0.1, 0.15) is 17.2 Å². The molecule has 0 atom stereocenters. The lowest BCUT2D eigenvalue weighted by atomic mass is 10.1. The number of carbonyl (C=O) groups is 3. The lowest BCUT2D eigenvalue weighted by Crippen LogP contribution is -2.15. The van der Waals surface area contributed by atoms with E-state index in [4.69, 9.17) is 28.8 Å². The number of benzene rings is 6. The number of amides is 3. The Kier molecular flexibility index (Phi) is 13.8. The number of hydrogen-bond acceptors (Lipinski definition) is 6. The molecule has 264 valence electrons. The van der Waals surface area contributed by atoms with E-state index in [1.807, 2.05) is 18.2 Å². The fourth-order valence-electron chi connectivity index (χ4n) is 4.30. The molecule has 0 bridgehead atoms. The van der Waals surface area contributed by atoms with E-state index in [0.29, 0.717) is 44.6 Å². The predicted molar refractivity (Wildman–Crippen MR) is 208 cm³/mol. The molecule has 9 N–H and O–H groups in total.